The normalized spacial score (nSPS) is 20.8. The van der Waals surface area contributed by atoms with Gasteiger partial charge in [0.15, 0.2) is 0 Å². The molecule has 0 radical (unpaired) electrons. The van der Waals surface area contributed by atoms with E-state index in [2.05, 4.69) is 0 Å². The molecular formula is C19H20N2O5. The predicted octanol–water partition coefficient (Wildman–Crippen LogP) is 3.69. The van der Waals surface area contributed by atoms with Crippen molar-refractivity contribution in [2.45, 2.75) is 51.0 Å². The van der Waals surface area contributed by atoms with E-state index in [1.165, 1.54) is 6.07 Å². The number of fused-ring (bicyclic) bond motifs is 3. The Hall–Kier alpha value is -2.70. The number of carbonyl (C=O) groups excluding carboxylic acids is 1. The summed E-state index contributed by atoms with van der Waals surface area (Å²) in [5, 5.41) is 11.6. The standard InChI is InChI=1S/C19H20N2O5/c1-2-7-26-19(23)15-10-20-16-6-4-3-5-12(16)13-8-11(21(24)25)9-14(17(13)20)18(15)22/h8-10,12,16H,2-7H2,1H3. The van der Waals surface area contributed by atoms with Gasteiger partial charge in [-0.15, -0.1) is 0 Å². The largest absolute Gasteiger partial charge is 0.462 e. The highest BCUT2D eigenvalue weighted by Crippen LogP contribution is 2.49. The Morgan fingerprint density at radius 1 is 1.35 bits per heavy atom. The second-order valence-corrected chi connectivity index (χ2v) is 7.06. The highest BCUT2D eigenvalue weighted by atomic mass is 16.6. The lowest BCUT2D eigenvalue weighted by Crippen LogP contribution is -2.22. The molecule has 1 fully saturated rings. The van der Waals surface area contributed by atoms with Crippen LogP contribution in [0, 0.1) is 10.1 Å². The van der Waals surface area contributed by atoms with E-state index < -0.39 is 16.3 Å². The molecule has 7 heteroatoms. The van der Waals surface area contributed by atoms with Gasteiger partial charge in [0.2, 0.25) is 5.43 Å². The first-order chi connectivity index (χ1) is 12.5. The van der Waals surface area contributed by atoms with E-state index in [4.69, 9.17) is 4.74 Å². The van der Waals surface area contributed by atoms with E-state index in [9.17, 15) is 19.7 Å². The number of nitro benzene ring substituents is 1. The Labute approximate surface area is 149 Å². The smallest absolute Gasteiger partial charge is 0.343 e. The van der Waals surface area contributed by atoms with Crippen LogP contribution in [0.5, 0.6) is 0 Å². The van der Waals surface area contributed by atoms with Crippen LogP contribution >= 0.6 is 0 Å². The second-order valence-electron chi connectivity index (χ2n) is 7.06. The summed E-state index contributed by atoms with van der Waals surface area (Å²) in [6.07, 6.45) is 6.28. The number of nitrogens with zero attached hydrogens (tertiary/aromatic N) is 2. The Balaban J connectivity index is 1.98. The molecule has 2 unspecified atom stereocenters. The Morgan fingerprint density at radius 2 is 2.12 bits per heavy atom. The molecule has 2 aliphatic rings. The molecule has 1 aromatic heterocycles. The van der Waals surface area contributed by atoms with Gasteiger partial charge < -0.3 is 9.30 Å². The molecule has 2 heterocycles. The zero-order chi connectivity index (χ0) is 18.4. The minimum Gasteiger partial charge on any atom is -0.462 e. The highest BCUT2D eigenvalue weighted by Gasteiger charge is 2.38. The summed E-state index contributed by atoms with van der Waals surface area (Å²) >= 11 is 0. The summed E-state index contributed by atoms with van der Waals surface area (Å²) in [5.41, 5.74) is 0.986. The van der Waals surface area contributed by atoms with Crippen molar-refractivity contribution in [2.75, 3.05) is 6.61 Å². The van der Waals surface area contributed by atoms with Crippen molar-refractivity contribution in [3.05, 3.63) is 49.8 Å². The summed E-state index contributed by atoms with van der Waals surface area (Å²) in [7, 11) is 0. The molecule has 2 atom stereocenters. The van der Waals surface area contributed by atoms with Crippen LogP contribution in [-0.2, 0) is 4.74 Å². The van der Waals surface area contributed by atoms with Gasteiger partial charge in [0, 0.05) is 30.3 Å². The number of non-ortho nitro benzene ring substituents is 1. The minimum atomic E-state index is -0.658. The number of carbonyl (C=O) groups is 1. The highest BCUT2D eigenvalue weighted by molar-refractivity contribution is 5.96. The number of benzene rings is 1. The van der Waals surface area contributed by atoms with Crippen LogP contribution in [0.25, 0.3) is 10.9 Å². The fourth-order valence-corrected chi connectivity index (χ4v) is 4.38. The maximum atomic E-state index is 12.9. The molecule has 26 heavy (non-hydrogen) atoms. The van der Waals surface area contributed by atoms with Crippen molar-refractivity contribution in [3.63, 3.8) is 0 Å². The summed E-state index contributed by atoms with van der Waals surface area (Å²) in [4.78, 5) is 36.2. The molecule has 7 nitrogen and oxygen atoms in total. The van der Waals surface area contributed by atoms with E-state index >= 15 is 0 Å². The third kappa shape index (κ3) is 2.41. The van der Waals surface area contributed by atoms with Crippen LogP contribution in [0.2, 0.25) is 0 Å². The van der Waals surface area contributed by atoms with Gasteiger partial charge in [-0.05, 0) is 24.8 Å². The Bertz CT molecular complexity index is 978. The van der Waals surface area contributed by atoms with Gasteiger partial charge in [0.1, 0.15) is 5.56 Å². The monoisotopic (exact) mass is 356 g/mol. The SMILES string of the molecule is CCCOC(=O)c1cn2c3c(cc([N+](=O)[O-])cc3c1=O)C1CCCCC12. The molecule has 0 N–H and O–H groups in total. The maximum Gasteiger partial charge on any atom is 0.343 e. The summed E-state index contributed by atoms with van der Waals surface area (Å²) in [5.74, 6) is -0.498. The lowest BCUT2D eigenvalue weighted by Gasteiger charge is -2.27. The number of esters is 1. The number of nitro groups is 1. The van der Waals surface area contributed by atoms with E-state index in [1.807, 2.05) is 11.5 Å². The number of rotatable bonds is 4. The van der Waals surface area contributed by atoms with Crippen LogP contribution in [0.1, 0.15) is 66.9 Å². The molecule has 0 bridgehead atoms. The van der Waals surface area contributed by atoms with E-state index in [0.717, 1.165) is 36.8 Å². The molecule has 0 spiro atoms. The van der Waals surface area contributed by atoms with Crippen LogP contribution in [-0.4, -0.2) is 22.1 Å². The van der Waals surface area contributed by atoms with Crippen molar-refractivity contribution in [3.8, 4) is 0 Å². The van der Waals surface area contributed by atoms with E-state index in [-0.39, 0.29) is 35.2 Å². The molecule has 1 aliphatic heterocycles. The third-order valence-electron chi connectivity index (χ3n) is 5.49. The number of hydrogen-bond acceptors (Lipinski definition) is 5. The van der Waals surface area contributed by atoms with Crippen LogP contribution < -0.4 is 5.43 Å². The lowest BCUT2D eigenvalue weighted by molar-refractivity contribution is -0.384. The zero-order valence-corrected chi connectivity index (χ0v) is 14.6. The van der Waals surface area contributed by atoms with Crippen LogP contribution in [0.15, 0.2) is 23.1 Å². The van der Waals surface area contributed by atoms with Gasteiger partial charge in [0.25, 0.3) is 5.69 Å². The Morgan fingerprint density at radius 3 is 2.85 bits per heavy atom. The first kappa shape index (κ1) is 16.8. The topological polar surface area (TPSA) is 91.4 Å². The second kappa shape index (κ2) is 6.23. The first-order valence-corrected chi connectivity index (χ1v) is 9.07. The molecule has 0 saturated heterocycles. The van der Waals surface area contributed by atoms with Gasteiger partial charge >= 0.3 is 5.97 Å². The van der Waals surface area contributed by atoms with Gasteiger partial charge in [0.05, 0.1) is 22.4 Å². The van der Waals surface area contributed by atoms with Crippen molar-refractivity contribution in [1.82, 2.24) is 4.57 Å². The van der Waals surface area contributed by atoms with Crippen molar-refractivity contribution in [1.29, 1.82) is 0 Å². The average Bonchev–Trinajstić information content (AvgIpc) is 2.96. The fraction of sp³-hybridized carbons (Fsp3) is 0.474. The lowest BCUT2D eigenvalue weighted by atomic mass is 9.82. The molecular weight excluding hydrogens is 336 g/mol. The van der Waals surface area contributed by atoms with E-state index in [1.54, 1.807) is 12.3 Å². The number of ether oxygens (including phenoxy) is 1. The Kier molecular flexibility index (Phi) is 4.01. The van der Waals surface area contributed by atoms with Crippen LogP contribution in [0.3, 0.4) is 0 Å². The molecule has 4 rings (SSSR count). The van der Waals surface area contributed by atoms with Gasteiger partial charge in [-0.2, -0.15) is 0 Å². The van der Waals surface area contributed by atoms with Gasteiger partial charge in [-0.25, -0.2) is 4.79 Å². The summed E-state index contributed by atoms with van der Waals surface area (Å²) in [6, 6.07) is 3.04. The number of hydrogen-bond donors (Lipinski definition) is 0. The molecule has 1 aliphatic carbocycles. The molecule has 2 aromatic rings. The predicted molar refractivity (Wildman–Crippen MR) is 95.7 cm³/mol. The number of pyridine rings is 1. The zero-order valence-electron chi connectivity index (χ0n) is 14.6. The number of aromatic nitrogens is 1. The summed E-state index contributed by atoms with van der Waals surface area (Å²) in [6.45, 7) is 2.12. The van der Waals surface area contributed by atoms with E-state index in [0.29, 0.717) is 6.42 Å². The molecule has 0 amide bonds. The van der Waals surface area contributed by atoms with Gasteiger partial charge in [-0.3, -0.25) is 14.9 Å². The van der Waals surface area contributed by atoms with Crippen molar-refractivity contribution in [2.24, 2.45) is 0 Å². The fourth-order valence-electron chi connectivity index (χ4n) is 4.38. The molecule has 1 aromatic carbocycles. The quantitative estimate of drug-likeness (QED) is 0.473. The average molecular weight is 356 g/mol. The van der Waals surface area contributed by atoms with Gasteiger partial charge in [-0.1, -0.05) is 19.8 Å². The minimum absolute atomic E-state index is 0.0383. The van der Waals surface area contributed by atoms with Crippen molar-refractivity contribution >= 4 is 22.6 Å². The van der Waals surface area contributed by atoms with Crippen LogP contribution in [0.4, 0.5) is 5.69 Å². The maximum absolute atomic E-state index is 12.9. The summed E-state index contributed by atoms with van der Waals surface area (Å²) < 4.78 is 7.14. The first-order valence-electron chi connectivity index (χ1n) is 9.07. The molecule has 1 saturated carbocycles. The third-order valence-corrected chi connectivity index (χ3v) is 5.49. The molecule has 136 valence electrons. The van der Waals surface area contributed by atoms with Crippen molar-refractivity contribution < 1.29 is 14.5 Å².